The van der Waals surface area contributed by atoms with Crippen LogP contribution >= 0.6 is 23.2 Å². The summed E-state index contributed by atoms with van der Waals surface area (Å²) in [6, 6.07) is 13.2. The number of hydrogen-bond acceptors (Lipinski definition) is 1. The van der Waals surface area contributed by atoms with Crippen molar-refractivity contribution in [2.45, 2.75) is 12.8 Å². The smallest absolute Gasteiger partial charge is 0.256 e. The molecule has 21 heavy (non-hydrogen) atoms. The third-order valence-electron chi connectivity index (χ3n) is 3.44. The van der Waals surface area contributed by atoms with Gasteiger partial charge in [0, 0.05) is 21.2 Å². The average Bonchev–Trinajstić information content (AvgIpc) is 2.74. The van der Waals surface area contributed by atoms with Crippen molar-refractivity contribution in [2.24, 2.45) is 0 Å². The molecule has 106 valence electrons. The van der Waals surface area contributed by atoms with Crippen molar-refractivity contribution in [2.75, 3.05) is 5.32 Å². The first-order valence-electron chi connectivity index (χ1n) is 6.69. The highest BCUT2D eigenvalue weighted by Crippen LogP contribution is 2.34. The van der Waals surface area contributed by atoms with Gasteiger partial charge in [-0.1, -0.05) is 47.5 Å². The monoisotopic (exact) mass is 317 g/mol. The molecule has 0 saturated carbocycles. The van der Waals surface area contributed by atoms with E-state index in [1.54, 1.807) is 12.1 Å². The first-order valence-corrected chi connectivity index (χ1v) is 7.45. The number of benzene rings is 2. The molecule has 0 bridgehead atoms. The number of rotatable bonds is 3. The number of amides is 1. The second kappa shape index (κ2) is 5.92. The van der Waals surface area contributed by atoms with Crippen LogP contribution in [0, 0.1) is 0 Å². The number of carbonyl (C=O) groups excluding carboxylic acids is 1. The fourth-order valence-corrected chi connectivity index (χ4v) is 2.83. The highest BCUT2D eigenvalue weighted by molar-refractivity contribution is 6.34. The third-order valence-corrected chi connectivity index (χ3v) is 3.91. The van der Waals surface area contributed by atoms with E-state index in [2.05, 4.69) is 5.32 Å². The molecule has 1 heterocycles. The number of fused-ring (bicyclic) bond motifs is 1. The summed E-state index contributed by atoms with van der Waals surface area (Å²) in [5.74, 6) is -0.0710. The Balaban J connectivity index is 1.77. The Morgan fingerprint density at radius 2 is 1.86 bits per heavy atom. The lowest BCUT2D eigenvalue weighted by molar-refractivity contribution is -0.110. The second-order valence-corrected chi connectivity index (χ2v) is 5.80. The van der Waals surface area contributed by atoms with Gasteiger partial charge in [-0.15, -0.1) is 0 Å². The van der Waals surface area contributed by atoms with E-state index in [0.29, 0.717) is 10.6 Å². The van der Waals surface area contributed by atoms with Crippen molar-refractivity contribution in [3.8, 4) is 0 Å². The topological polar surface area (TPSA) is 29.1 Å². The fourth-order valence-electron chi connectivity index (χ4n) is 2.45. The molecule has 1 aliphatic rings. The molecule has 0 spiro atoms. The number of anilines is 1. The molecule has 2 aromatic carbocycles. The van der Waals surface area contributed by atoms with Crippen LogP contribution in [0.3, 0.4) is 0 Å². The van der Waals surface area contributed by atoms with Gasteiger partial charge in [-0.25, -0.2) is 0 Å². The van der Waals surface area contributed by atoms with Crippen LogP contribution in [0.5, 0.6) is 0 Å². The lowest BCUT2D eigenvalue weighted by atomic mass is 10.0. The summed E-state index contributed by atoms with van der Waals surface area (Å²) in [4.78, 5) is 12.0. The maximum atomic E-state index is 12.0. The standard InChI is InChI=1S/C17H13Cl2NO/c18-12-5-1-3-11(9-12)4-2-6-15-14-8-7-13(19)10-16(14)20-17(15)21/h1,3,5-10H,2,4H2,(H,20,21). The maximum Gasteiger partial charge on any atom is 0.256 e. The van der Waals surface area contributed by atoms with Crippen LogP contribution in [0.15, 0.2) is 48.5 Å². The van der Waals surface area contributed by atoms with Crippen LogP contribution in [0.4, 0.5) is 5.69 Å². The summed E-state index contributed by atoms with van der Waals surface area (Å²) < 4.78 is 0. The Morgan fingerprint density at radius 3 is 2.67 bits per heavy atom. The van der Waals surface area contributed by atoms with E-state index in [9.17, 15) is 4.79 Å². The van der Waals surface area contributed by atoms with E-state index in [1.165, 1.54) is 0 Å². The summed E-state index contributed by atoms with van der Waals surface area (Å²) in [6.07, 6.45) is 3.60. The zero-order valence-corrected chi connectivity index (χ0v) is 12.7. The highest BCUT2D eigenvalue weighted by Gasteiger charge is 2.23. The quantitative estimate of drug-likeness (QED) is 0.796. The molecule has 0 radical (unpaired) electrons. The predicted octanol–water partition coefficient (Wildman–Crippen LogP) is 4.96. The van der Waals surface area contributed by atoms with Gasteiger partial charge in [0.2, 0.25) is 0 Å². The van der Waals surface area contributed by atoms with E-state index < -0.39 is 0 Å². The average molecular weight is 318 g/mol. The molecule has 1 aliphatic heterocycles. The Hall–Kier alpha value is -1.77. The summed E-state index contributed by atoms with van der Waals surface area (Å²) in [6.45, 7) is 0. The van der Waals surface area contributed by atoms with Crippen LogP contribution in [0.25, 0.3) is 5.57 Å². The Kier molecular flexibility index (Phi) is 4.00. The van der Waals surface area contributed by atoms with Crippen molar-refractivity contribution in [1.29, 1.82) is 0 Å². The lowest BCUT2D eigenvalue weighted by Gasteiger charge is -2.01. The van der Waals surface area contributed by atoms with E-state index >= 15 is 0 Å². The summed E-state index contributed by atoms with van der Waals surface area (Å²) in [5, 5.41) is 4.19. The molecule has 0 saturated heterocycles. The molecule has 1 N–H and O–H groups in total. The van der Waals surface area contributed by atoms with Crippen molar-refractivity contribution in [1.82, 2.24) is 0 Å². The molecule has 2 nitrogen and oxygen atoms in total. The predicted molar refractivity (Wildman–Crippen MR) is 87.8 cm³/mol. The van der Waals surface area contributed by atoms with E-state index in [-0.39, 0.29) is 5.91 Å². The largest absolute Gasteiger partial charge is 0.321 e. The van der Waals surface area contributed by atoms with Crippen LogP contribution in [-0.2, 0) is 11.2 Å². The molecule has 0 atom stereocenters. The molecule has 0 unspecified atom stereocenters. The first-order chi connectivity index (χ1) is 10.1. The minimum absolute atomic E-state index is 0.0710. The Morgan fingerprint density at radius 1 is 1.05 bits per heavy atom. The molecular formula is C17H13Cl2NO. The minimum atomic E-state index is -0.0710. The SMILES string of the molecule is O=C1Nc2cc(Cl)ccc2C1=CCCc1cccc(Cl)c1. The molecule has 0 aromatic heterocycles. The van der Waals surface area contributed by atoms with Gasteiger partial charge >= 0.3 is 0 Å². The van der Waals surface area contributed by atoms with Gasteiger partial charge in [-0.2, -0.15) is 0 Å². The summed E-state index contributed by atoms with van der Waals surface area (Å²) in [5.41, 5.74) is 3.56. The lowest BCUT2D eigenvalue weighted by Crippen LogP contribution is -2.03. The van der Waals surface area contributed by atoms with Crippen LogP contribution < -0.4 is 5.32 Å². The highest BCUT2D eigenvalue weighted by atomic mass is 35.5. The molecule has 0 fully saturated rings. The summed E-state index contributed by atoms with van der Waals surface area (Å²) in [7, 11) is 0. The fraction of sp³-hybridized carbons (Fsp3) is 0.118. The van der Waals surface area contributed by atoms with Gasteiger partial charge in [-0.3, -0.25) is 4.79 Å². The number of nitrogens with one attached hydrogen (secondary N) is 1. The Labute approximate surface area is 133 Å². The summed E-state index contributed by atoms with van der Waals surface area (Å²) >= 11 is 11.9. The molecule has 2 aromatic rings. The normalized spacial score (nSPS) is 15.1. The zero-order chi connectivity index (χ0) is 14.8. The van der Waals surface area contributed by atoms with E-state index in [1.807, 2.05) is 36.4 Å². The van der Waals surface area contributed by atoms with Crippen molar-refractivity contribution < 1.29 is 4.79 Å². The maximum absolute atomic E-state index is 12.0. The second-order valence-electron chi connectivity index (χ2n) is 4.93. The molecule has 3 rings (SSSR count). The van der Waals surface area contributed by atoms with Crippen LogP contribution in [0.1, 0.15) is 17.5 Å². The number of halogens is 2. The van der Waals surface area contributed by atoms with Gasteiger partial charge in [0.1, 0.15) is 0 Å². The third kappa shape index (κ3) is 3.12. The number of hydrogen-bond donors (Lipinski definition) is 1. The molecule has 1 amide bonds. The molecular weight excluding hydrogens is 305 g/mol. The molecule has 0 aliphatic carbocycles. The van der Waals surface area contributed by atoms with Gasteiger partial charge in [0.15, 0.2) is 0 Å². The van der Waals surface area contributed by atoms with E-state index in [4.69, 9.17) is 23.2 Å². The number of carbonyl (C=O) groups is 1. The van der Waals surface area contributed by atoms with Crippen LogP contribution in [0.2, 0.25) is 10.0 Å². The van der Waals surface area contributed by atoms with Crippen molar-refractivity contribution >= 4 is 40.4 Å². The number of allylic oxidation sites excluding steroid dienone is 1. The van der Waals surface area contributed by atoms with Gasteiger partial charge in [0.05, 0.1) is 5.69 Å². The van der Waals surface area contributed by atoms with Gasteiger partial charge in [0.25, 0.3) is 5.91 Å². The van der Waals surface area contributed by atoms with Gasteiger partial charge in [-0.05, 0) is 42.7 Å². The van der Waals surface area contributed by atoms with Crippen molar-refractivity contribution in [3.63, 3.8) is 0 Å². The van der Waals surface area contributed by atoms with E-state index in [0.717, 1.165) is 34.7 Å². The zero-order valence-electron chi connectivity index (χ0n) is 11.2. The Bertz CT molecular complexity index is 737. The minimum Gasteiger partial charge on any atom is -0.321 e. The molecule has 4 heteroatoms. The van der Waals surface area contributed by atoms with Gasteiger partial charge < -0.3 is 5.32 Å². The van der Waals surface area contributed by atoms with Crippen molar-refractivity contribution in [3.05, 3.63) is 69.7 Å². The number of aryl methyl sites for hydroxylation is 1. The van der Waals surface area contributed by atoms with Crippen LogP contribution in [-0.4, -0.2) is 5.91 Å². The first kappa shape index (κ1) is 14.2.